The van der Waals surface area contributed by atoms with Gasteiger partial charge in [0.2, 0.25) is 5.91 Å². The Bertz CT molecular complexity index is 634. The van der Waals surface area contributed by atoms with Crippen molar-refractivity contribution in [2.75, 3.05) is 0 Å². The van der Waals surface area contributed by atoms with Crippen LogP contribution in [-0.2, 0) is 11.2 Å². The standard InChI is InChI=1S/C18H20ClNO/c1-12-4-5-15(10-13(12)2)11-18(21)20-14(3)16-6-8-17(19)9-7-16/h4-10,14H,11H2,1-3H3,(H,20,21)/t14-/m0/s1. The third-order valence-corrected chi connectivity index (χ3v) is 3.94. The molecule has 0 saturated carbocycles. The molecule has 2 rings (SSSR count). The predicted octanol–water partition coefficient (Wildman–Crippen LogP) is 4.38. The van der Waals surface area contributed by atoms with Crippen LogP contribution in [0.25, 0.3) is 0 Å². The topological polar surface area (TPSA) is 29.1 Å². The lowest BCUT2D eigenvalue weighted by atomic mass is 10.0. The first-order chi connectivity index (χ1) is 9.95. The SMILES string of the molecule is Cc1ccc(CC(=O)N[C@@H](C)c2ccc(Cl)cc2)cc1C. The number of carbonyl (C=O) groups is 1. The van der Waals surface area contributed by atoms with E-state index >= 15 is 0 Å². The molecule has 0 aromatic heterocycles. The molecule has 1 amide bonds. The van der Waals surface area contributed by atoms with Crippen molar-refractivity contribution in [2.45, 2.75) is 33.2 Å². The van der Waals surface area contributed by atoms with E-state index in [-0.39, 0.29) is 11.9 Å². The predicted molar refractivity (Wildman–Crippen MR) is 87.6 cm³/mol. The van der Waals surface area contributed by atoms with Gasteiger partial charge in [0, 0.05) is 5.02 Å². The molecule has 0 aliphatic heterocycles. The van der Waals surface area contributed by atoms with Crippen LogP contribution in [0.15, 0.2) is 42.5 Å². The number of nitrogens with one attached hydrogen (secondary N) is 1. The number of hydrogen-bond donors (Lipinski definition) is 1. The molecule has 0 fully saturated rings. The Morgan fingerprint density at radius 1 is 1.10 bits per heavy atom. The number of benzene rings is 2. The zero-order valence-corrected chi connectivity index (χ0v) is 13.4. The number of rotatable bonds is 4. The van der Waals surface area contributed by atoms with Crippen LogP contribution in [0, 0.1) is 13.8 Å². The molecule has 1 N–H and O–H groups in total. The fraction of sp³-hybridized carbons (Fsp3) is 0.278. The van der Waals surface area contributed by atoms with Gasteiger partial charge in [-0.15, -0.1) is 0 Å². The first kappa shape index (κ1) is 15.6. The molecule has 1 atom stereocenters. The third-order valence-electron chi connectivity index (χ3n) is 3.68. The van der Waals surface area contributed by atoms with E-state index in [1.165, 1.54) is 11.1 Å². The van der Waals surface area contributed by atoms with E-state index in [1.54, 1.807) is 0 Å². The van der Waals surface area contributed by atoms with Crippen molar-refractivity contribution in [3.8, 4) is 0 Å². The Labute approximate surface area is 131 Å². The molecule has 0 saturated heterocycles. The highest BCUT2D eigenvalue weighted by Crippen LogP contribution is 2.16. The summed E-state index contributed by atoms with van der Waals surface area (Å²) in [5.41, 5.74) is 4.55. The van der Waals surface area contributed by atoms with E-state index in [1.807, 2.05) is 37.3 Å². The molecular formula is C18H20ClNO. The molecule has 0 bridgehead atoms. The maximum absolute atomic E-state index is 12.1. The van der Waals surface area contributed by atoms with Gasteiger partial charge in [-0.05, 0) is 55.2 Å². The summed E-state index contributed by atoms with van der Waals surface area (Å²) in [4.78, 5) is 12.1. The second kappa shape index (κ2) is 6.77. The van der Waals surface area contributed by atoms with Gasteiger partial charge in [0.15, 0.2) is 0 Å². The zero-order chi connectivity index (χ0) is 15.4. The van der Waals surface area contributed by atoms with Crippen LogP contribution in [-0.4, -0.2) is 5.91 Å². The molecule has 0 radical (unpaired) electrons. The van der Waals surface area contributed by atoms with Crippen molar-refractivity contribution < 1.29 is 4.79 Å². The van der Waals surface area contributed by atoms with Crippen molar-refractivity contribution in [2.24, 2.45) is 0 Å². The first-order valence-corrected chi connectivity index (χ1v) is 7.44. The molecule has 0 unspecified atom stereocenters. The van der Waals surface area contributed by atoms with Crippen LogP contribution in [0.3, 0.4) is 0 Å². The molecule has 21 heavy (non-hydrogen) atoms. The fourth-order valence-electron chi connectivity index (χ4n) is 2.23. The van der Waals surface area contributed by atoms with Crippen LogP contribution in [0.4, 0.5) is 0 Å². The van der Waals surface area contributed by atoms with Crippen LogP contribution < -0.4 is 5.32 Å². The minimum Gasteiger partial charge on any atom is -0.349 e. The summed E-state index contributed by atoms with van der Waals surface area (Å²) in [5.74, 6) is 0.0284. The summed E-state index contributed by atoms with van der Waals surface area (Å²) in [6, 6.07) is 13.6. The number of aryl methyl sites for hydroxylation is 2. The zero-order valence-electron chi connectivity index (χ0n) is 12.6. The quantitative estimate of drug-likeness (QED) is 0.892. The molecule has 3 heteroatoms. The van der Waals surface area contributed by atoms with Crippen molar-refractivity contribution in [3.63, 3.8) is 0 Å². The Kier molecular flexibility index (Phi) is 5.03. The molecule has 2 nitrogen and oxygen atoms in total. The van der Waals surface area contributed by atoms with E-state index in [0.717, 1.165) is 11.1 Å². The monoisotopic (exact) mass is 301 g/mol. The summed E-state index contributed by atoms with van der Waals surface area (Å²) in [6.45, 7) is 6.11. The highest BCUT2D eigenvalue weighted by Gasteiger charge is 2.10. The van der Waals surface area contributed by atoms with Gasteiger partial charge in [-0.1, -0.05) is 41.9 Å². The van der Waals surface area contributed by atoms with Crippen LogP contribution in [0.2, 0.25) is 5.02 Å². The lowest BCUT2D eigenvalue weighted by molar-refractivity contribution is -0.121. The van der Waals surface area contributed by atoms with Crippen molar-refractivity contribution in [1.82, 2.24) is 5.32 Å². The molecule has 0 heterocycles. The van der Waals surface area contributed by atoms with Crippen LogP contribution in [0.1, 0.15) is 35.2 Å². The maximum atomic E-state index is 12.1. The number of hydrogen-bond acceptors (Lipinski definition) is 1. The largest absolute Gasteiger partial charge is 0.349 e. The first-order valence-electron chi connectivity index (χ1n) is 7.06. The summed E-state index contributed by atoms with van der Waals surface area (Å²) >= 11 is 5.87. The maximum Gasteiger partial charge on any atom is 0.224 e. The lowest BCUT2D eigenvalue weighted by Crippen LogP contribution is -2.28. The average molecular weight is 302 g/mol. The summed E-state index contributed by atoms with van der Waals surface area (Å²) < 4.78 is 0. The number of halogens is 1. The Morgan fingerprint density at radius 3 is 2.38 bits per heavy atom. The molecule has 110 valence electrons. The molecule has 2 aromatic carbocycles. The minimum absolute atomic E-state index is 0.0266. The minimum atomic E-state index is -0.0266. The summed E-state index contributed by atoms with van der Waals surface area (Å²) in [5, 5.41) is 3.72. The number of amides is 1. The molecule has 0 spiro atoms. The number of carbonyl (C=O) groups excluding carboxylic acids is 1. The van der Waals surface area contributed by atoms with E-state index < -0.39 is 0 Å². The lowest BCUT2D eigenvalue weighted by Gasteiger charge is -2.15. The van der Waals surface area contributed by atoms with Gasteiger partial charge < -0.3 is 5.32 Å². The smallest absolute Gasteiger partial charge is 0.224 e. The Balaban J connectivity index is 1.97. The van der Waals surface area contributed by atoms with Gasteiger partial charge in [0.1, 0.15) is 0 Å². The average Bonchev–Trinajstić information content (AvgIpc) is 2.43. The molecule has 0 aliphatic carbocycles. The third kappa shape index (κ3) is 4.33. The summed E-state index contributed by atoms with van der Waals surface area (Å²) in [6.07, 6.45) is 0.402. The van der Waals surface area contributed by atoms with Crippen molar-refractivity contribution >= 4 is 17.5 Å². The van der Waals surface area contributed by atoms with Gasteiger partial charge >= 0.3 is 0 Å². The van der Waals surface area contributed by atoms with Gasteiger partial charge in [-0.3, -0.25) is 4.79 Å². The second-order valence-corrected chi connectivity index (χ2v) is 5.87. The van der Waals surface area contributed by atoms with E-state index in [2.05, 4.69) is 31.3 Å². The van der Waals surface area contributed by atoms with Gasteiger partial charge in [0.05, 0.1) is 12.5 Å². The molecular weight excluding hydrogens is 282 g/mol. The second-order valence-electron chi connectivity index (χ2n) is 5.44. The van der Waals surface area contributed by atoms with Crippen LogP contribution in [0.5, 0.6) is 0 Å². The van der Waals surface area contributed by atoms with Crippen molar-refractivity contribution in [3.05, 3.63) is 69.7 Å². The fourth-order valence-corrected chi connectivity index (χ4v) is 2.35. The Hall–Kier alpha value is -1.80. The van der Waals surface area contributed by atoms with E-state index in [9.17, 15) is 4.79 Å². The van der Waals surface area contributed by atoms with E-state index in [0.29, 0.717) is 11.4 Å². The summed E-state index contributed by atoms with van der Waals surface area (Å²) in [7, 11) is 0. The van der Waals surface area contributed by atoms with Crippen molar-refractivity contribution in [1.29, 1.82) is 0 Å². The highest BCUT2D eigenvalue weighted by atomic mass is 35.5. The van der Waals surface area contributed by atoms with Gasteiger partial charge in [-0.25, -0.2) is 0 Å². The Morgan fingerprint density at radius 2 is 1.76 bits per heavy atom. The normalized spacial score (nSPS) is 12.0. The van der Waals surface area contributed by atoms with Gasteiger partial charge in [0.25, 0.3) is 0 Å². The highest BCUT2D eigenvalue weighted by molar-refractivity contribution is 6.30. The molecule has 2 aromatic rings. The molecule has 0 aliphatic rings. The van der Waals surface area contributed by atoms with E-state index in [4.69, 9.17) is 11.6 Å². The van der Waals surface area contributed by atoms with Crippen LogP contribution >= 0.6 is 11.6 Å². The van der Waals surface area contributed by atoms with Gasteiger partial charge in [-0.2, -0.15) is 0 Å².